The second kappa shape index (κ2) is 9.15. The minimum atomic E-state index is 0.569. The number of rotatable bonds is 6. The summed E-state index contributed by atoms with van der Waals surface area (Å²) in [6.45, 7) is 10.2. The summed E-state index contributed by atoms with van der Waals surface area (Å²) in [5, 5.41) is 3.79. The quantitative estimate of drug-likeness (QED) is 0.768. The first-order chi connectivity index (χ1) is 13.7. The molecule has 0 unspecified atom stereocenters. The normalized spacial score (nSPS) is 22.6. The molecule has 4 heteroatoms. The lowest BCUT2D eigenvalue weighted by molar-refractivity contribution is 0.0828. The van der Waals surface area contributed by atoms with Gasteiger partial charge in [0.1, 0.15) is 5.76 Å². The average Bonchev–Trinajstić information content (AvgIpc) is 3.22. The Balaban J connectivity index is 1.26. The van der Waals surface area contributed by atoms with Crippen LogP contribution in [0.1, 0.15) is 56.8 Å². The minimum absolute atomic E-state index is 0.569. The van der Waals surface area contributed by atoms with Crippen LogP contribution < -0.4 is 5.32 Å². The first kappa shape index (κ1) is 19.5. The second-order valence-electron chi connectivity index (χ2n) is 8.84. The lowest BCUT2D eigenvalue weighted by Crippen LogP contribution is -2.50. The number of likely N-dealkylation sites (tertiary alicyclic amines) is 2. The maximum absolute atomic E-state index is 5.51. The molecule has 2 saturated heterocycles. The van der Waals surface area contributed by atoms with E-state index >= 15 is 0 Å². The molecule has 4 nitrogen and oxygen atoms in total. The molecule has 0 spiro atoms. The molecule has 3 heterocycles. The predicted octanol–water partition coefficient (Wildman–Crippen LogP) is 4.94. The van der Waals surface area contributed by atoms with Gasteiger partial charge in [0, 0.05) is 37.4 Å². The Morgan fingerprint density at radius 2 is 1.82 bits per heavy atom. The van der Waals surface area contributed by atoms with Gasteiger partial charge in [-0.25, -0.2) is 0 Å². The number of piperidine rings is 2. The highest BCUT2D eigenvalue weighted by atomic mass is 16.3. The van der Waals surface area contributed by atoms with Gasteiger partial charge in [0.25, 0.3) is 0 Å². The van der Waals surface area contributed by atoms with E-state index in [1.807, 2.05) is 6.07 Å². The molecule has 4 rings (SSSR count). The van der Waals surface area contributed by atoms with Crippen molar-refractivity contribution in [3.05, 3.63) is 54.0 Å². The van der Waals surface area contributed by atoms with E-state index in [9.17, 15) is 0 Å². The molecular weight excluding hydrogens is 346 g/mol. The molecule has 2 fully saturated rings. The smallest absolute Gasteiger partial charge is 0.117 e. The van der Waals surface area contributed by atoms with Crippen molar-refractivity contribution in [1.29, 1.82) is 0 Å². The van der Waals surface area contributed by atoms with Crippen LogP contribution in [-0.2, 0) is 6.54 Å². The molecule has 1 atom stereocenters. The van der Waals surface area contributed by atoms with Crippen LogP contribution in [0.25, 0.3) is 0 Å². The van der Waals surface area contributed by atoms with Gasteiger partial charge in [-0.1, -0.05) is 26.0 Å². The molecule has 1 aromatic heterocycles. The van der Waals surface area contributed by atoms with Crippen molar-refractivity contribution < 1.29 is 4.42 Å². The third kappa shape index (κ3) is 4.98. The number of nitrogens with zero attached hydrogens (tertiary/aromatic N) is 2. The second-order valence-corrected chi connectivity index (χ2v) is 8.84. The summed E-state index contributed by atoms with van der Waals surface area (Å²) < 4.78 is 5.51. The molecule has 28 heavy (non-hydrogen) atoms. The van der Waals surface area contributed by atoms with E-state index in [1.54, 1.807) is 6.26 Å². The van der Waals surface area contributed by atoms with Crippen LogP contribution in [0.4, 0.5) is 5.69 Å². The van der Waals surface area contributed by atoms with Gasteiger partial charge in [0.15, 0.2) is 0 Å². The molecule has 0 bridgehead atoms. The van der Waals surface area contributed by atoms with E-state index in [0.717, 1.165) is 18.3 Å². The summed E-state index contributed by atoms with van der Waals surface area (Å²) in [4.78, 5) is 5.28. The molecule has 1 aromatic carbocycles. The predicted molar refractivity (Wildman–Crippen MR) is 116 cm³/mol. The maximum Gasteiger partial charge on any atom is 0.117 e. The van der Waals surface area contributed by atoms with Crippen molar-refractivity contribution in [3.8, 4) is 0 Å². The minimum Gasteiger partial charge on any atom is -0.468 e. The Morgan fingerprint density at radius 1 is 1.04 bits per heavy atom. The number of hydrogen-bond acceptors (Lipinski definition) is 4. The van der Waals surface area contributed by atoms with Gasteiger partial charge >= 0.3 is 0 Å². The van der Waals surface area contributed by atoms with Gasteiger partial charge in [0.05, 0.1) is 12.8 Å². The SMILES string of the molecule is CC(C)c1ccc(N[C@@H]2CCCN(C3CCN(Cc4ccco4)CC3)C2)cc1. The molecule has 152 valence electrons. The van der Waals surface area contributed by atoms with Crippen LogP contribution in [0.3, 0.4) is 0 Å². The van der Waals surface area contributed by atoms with Crippen molar-refractivity contribution in [3.63, 3.8) is 0 Å². The number of hydrogen-bond donors (Lipinski definition) is 1. The van der Waals surface area contributed by atoms with Crippen molar-refractivity contribution in [1.82, 2.24) is 9.80 Å². The Morgan fingerprint density at radius 3 is 2.50 bits per heavy atom. The third-order valence-electron chi connectivity index (χ3n) is 6.43. The Labute approximate surface area is 169 Å². The van der Waals surface area contributed by atoms with Crippen molar-refractivity contribution in [2.75, 3.05) is 31.5 Å². The molecule has 1 N–H and O–H groups in total. The highest BCUT2D eigenvalue weighted by Crippen LogP contribution is 2.24. The van der Waals surface area contributed by atoms with Gasteiger partial charge in [-0.15, -0.1) is 0 Å². The fourth-order valence-electron chi connectivity index (χ4n) is 4.72. The number of anilines is 1. The standard InChI is InChI=1S/C24H35N3O/c1-19(2)20-7-9-21(10-8-20)25-22-5-3-13-27(17-22)23-11-14-26(15-12-23)18-24-6-4-16-28-24/h4,6-10,16,19,22-23,25H,3,5,11-15,17-18H2,1-2H3/t22-/m1/s1. The zero-order valence-corrected chi connectivity index (χ0v) is 17.4. The fourth-order valence-corrected chi connectivity index (χ4v) is 4.72. The molecule has 0 amide bonds. The highest BCUT2D eigenvalue weighted by molar-refractivity contribution is 5.46. The van der Waals surface area contributed by atoms with Crippen LogP contribution in [0.5, 0.6) is 0 Å². The number of furan rings is 1. The zero-order chi connectivity index (χ0) is 19.3. The van der Waals surface area contributed by atoms with Crippen molar-refractivity contribution in [2.45, 2.75) is 64.1 Å². The van der Waals surface area contributed by atoms with Gasteiger partial charge in [0.2, 0.25) is 0 Å². The molecule has 0 saturated carbocycles. The van der Waals surface area contributed by atoms with Crippen LogP contribution in [0.2, 0.25) is 0 Å². The average molecular weight is 382 g/mol. The van der Waals surface area contributed by atoms with Gasteiger partial charge in [-0.3, -0.25) is 9.80 Å². The van der Waals surface area contributed by atoms with Crippen LogP contribution >= 0.6 is 0 Å². The fraction of sp³-hybridized carbons (Fsp3) is 0.583. The first-order valence-corrected chi connectivity index (χ1v) is 11.0. The first-order valence-electron chi connectivity index (χ1n) is 11.0. The summed E-state index contributed by atoms with van der Waals surface area (Å²) >= 11 is 0. The number of nitrogens with one attached hydrogen (secondary N) is 1. The Bertz CT molecular complexity index is 702. The van der Waals surface area contributed by atoms with Crippen molar-refractivity contribution in [2.24, 2.45) is 0 Å². The van der Waals surface area contributed by atoms with E-state index in [-0.39, 0.29) is 0 Å². The molecule has 0 aliphatic carbocycles. The summed E-state index contributed by atoms with van der Waals surface area (Å²) in [5.74, 6) is 1.68. The van der Waals surface area contributed by atoms with Crippen LogP contribution in [0.15, 0.2) is 47.1 Å². The lowest BCUT2D eigenvalue weighted by atomic mass is 9.97. The summed E-state index contributed by atoms with van der Waals surface area (Å²) in [5.41, 5.74) is 2.68. The molecule has 0 radical (unpaired) electrons. The summed E-state index contributed by atoms with van der Waals surface area (Å²) in [6.07, 6.45) is 6.90. The van der Waals surface area contributed by atoms with Gasteiger partial charge < -0.3 is 9.73 Å². The van der Waals surface area contributed by atoms with Crippen molar-refractivity contribution >= 4 is 5.69 Å². The van der Waals surface area contributed by atoms with E-state index in [4.69, 9.17) is 4.42 Å². The molecular formula is C24H35N3O. The monoisotopic (exact) mass is 381 g/mol. The number of benzene rings is 1. The largest absolute Gasteiger partial charge is 0.468 e. The van der Waals surface area contributed by atoms with E-state index < -0.39 is 0 Å². The van der Waals surface area contributed by atoms with E-state index in [2.05, 4.69) is 59.3 Å². The molecule has 2 aromatic rings. The highest BCUT2D eigenvalue weighted by Gasteiger charge is 2.29. The van der Waals surface area contributed by atoms with Gasteiger partial charge in [-0.05, 0) is 68.0 Å². The zero-order valence-electron chi connectivity index (χ0n) is 17.4. The summed E-state index contributed by atoms with van der Waals surface area (Å²) in [6, 6.07) is 14.4. The van der Waals surface area contributed by atoms with E-state index in [1.165, 1.54) is 63.1 Å². The van der Waals surface area contributed by atoms with E-state index in [0.29, 0.717) is 12.0 Å². The van der Waals surface area contributed by atoms with Gasteiger partial charge in [-0.2, -0.15) is 0 Å². The Hall–Kier alpha value is -1.78. The molecule has 2 aliphatic heterocycles. The topological polar surface area (TPSA) is 31.6 Å². The maximum atomic E-state index is 5.51. The summed E-state index contributed by atoms with van der Waals surface area (Å²) in [7, 11) is 0. The lowest BCUT2D eigenvalue weighted by Gasteiger charge is -2.42. The van der Waals surface area contributed by atoms with Crippen LogP contribution in [0, 0.1) is 0 Å². The molecule has 2 aliphatic rings. The third-order valence-corrected chi connectivity index (χ3v) is 6.43. The van der Waals surface area contributed by atoms with Crippen LogP contribution in [-0.4, -0.2) is 48.1 Å². The Kier molecular flexibility index (Phi) is 6.38.